The van der Waals surface area contributed by atoms with Gasteiger partial charge in [0, 0.05) is 47.0 Å². The highest BCUT2D eigenvalue weighted by Gasteiger charge is 2.61. The zero-order valence-electron chi connectivity index (χ0n) is 94.4. The van der Waals surface area contributed by atoms with E-state index in [-0.39, 0.29) is 132 Å². The maximum atomic E-state index is 13.1. The van der Waals surface area contributed by atoms with Crippen LogP contribution < -0.4 is 9.80 Å². The molecule has 0 aliphatic heterocycles. The summed E-state index contributed by atoms with van der Waals surface area (Å²) in [7, 11) is 0. The molecule has 0 amide bonds. The Morgan fingerprint density at radius 2 is 0.312 bits per heavy atom. The lowest BCUT2D eigenvalue weighted by molar-refractivity contribution is 0.322. The van der Waals surface area contributed by atoms with Gasteiger partial charge >= 0.3 is 0 Å². The lowest BCUT2D eigenvalue weighted by Gasteiger charge is -2.33. The van der Waals surface area contributed by atoms with E-state index in [1.54, 1.807) is 24.3 Å². The van der Waals surface area contributed by atoms with Crippen LogP contribution in [0.15, 0.2) is 157 Å². The number of phenols is 4. The molecule has 0 saturated carbocycles. The highest BCUT2D eigenvalue weighted by atomic mass is 16.3. The quantitative estimate of drug-likeness (QED) is 0.0286. The Morgan fingerprint density at radius 3 is 0.438 bits per heavy atom. The van der Waals surface area contributed by atoms with E-state index < -0.39 is 11.5 Å². The number of aromatic hydroxyl groups is 4. The first-order valence-electron chi connectivity index (χ1n) is 56.7. The first kappa shape index (κ1) is 103. The van der Waals surface area contributed by atoms with Crippen molar-refractivity contribution < 1.29 is 30.6 Å². The maximum Gasteiger partial charge on any atom is 0.139 e. The van der Waals surface area contributed by atoms with Gasteiger partial charge in [-0.3, -0.25) is 0 Å². The van der Waals surface area contributed by atoms with Gasteiger partial charge in [-0.05, 0) is 423 Å². The van der Waals surface area contributed by atoms with Gasteiger partial charge in [-0.2, -0.15) is 0 Å². The molecule has 144 heavy (non-hydrogen) atoms. The van der Waals surface area contributed by atoms with E-state index in [1.165, 1.54) is 134 Å². The smallest absolute Gasteiger partial charge is 0.139 e. The highest BCUT2D eigenvalue weighted by molar-refractivity contribution is 6.10. The maximum absolute atomic E-state index is 13.1. The van der Waals surface area contributed by atoms with Gasteiger partial charge in [0.15, 0.2) is 0 Å². The monoisotopic (exact) mass is 1930 g/mol. The largest absolute Gasteiger partial charge is 0.507 e. The second kappa shape index (κ2) is 34.3. The molecule has 9 aliphatic rings. The molecule has 0 atom stereocenters. The minimum atomic E-state index is -0.507. The van der Waals surface area contributed by atoms with Crippen molar-refractivity contribution in [2.75, 3.05) is 9.80 Å². The zero-order valence-corrected chi connectivity index (χ0v) is 94.4. The molecule has 6 N–H and O–H groups in total. The Hall–Kier alpha value is -9.92. The lowest BCUT2D eigenvalue weighted by atomic mass is 9.72. The predicted molar refractivity (Wildman–Crippen MR) is 609 cm³/mol. The molecule has 8 heteroatoms. The van der Waals surface area contributed by atoms with Gasteiger partial charge in [-0.15, -0.1) is 0 Å². The SMILES string of the molecule is CCC1(CC)CC(C)(C)c2c1cc1c(c2-c2ccc(N(c3ccc(-c4c5c(cc6c4C(C)(C)CC6(CC)CC)C(CC)(CC)CC5(C)C)cc3)c3cc(O)c(C4=C(O)C(c5c(O)cc(N(c6ccc(-c7c8c(cc9c7C(C)(C)CC9(CC)CC)C(CC)(CC)CC8(C)C)cc6)c6ccc(-c7c8c(cc9c7C(C)(C)CC9(CC)CC)C(CC)(CC)CC8(C)C)cc6)cc5O)=C4O)c(O)c3)cc2)C(C)(C)CC1(CC)CC. The zero-order chi connectivity index (χ0) is 104. The second-order valence-corrected chi connectivity index (χ2v) is 52.8. The molecule has 0 fully saturated rings. The van der Waals surface area contributed by atoms with Crippen molar-refractivity contribution in [3.05, 3.63) is 257 Å². The van der Waals surface area contributed by atoms with Crippen molar-refractivity contribution in [1.29, 1.82) is 0 Å². The van der Waals surface area contributed by atoms with E-state index in [0.29, 0.717) is 11.4 Å². The van der Waals surface area contributed by atoms with Gasteiger partial charge in [0.2, 0.25) is 0 Å². The Balaban J connectivity index is 0.749. The van der Waals surface area contributed by atoms with Crippen LogP contribution in [0.25, 0.3) is 55.7 Å². The number of anilines is 6. The third kappa shape index (κ3) is 14.3. The number of fused-ring (bicyclic) bond motifs is 8. The molecule has 764 valence electrons. The lowest BCUT2D eigenvalue weighted by Crippen LogP contribution is -2.26. The third-order valence-electron chi connectivity index (χ3n) is 42.1. The predicted octanol–water partition coefficient (Wildman–Crippen LogP) is 38.3. The summed E-state index contributed by atoms with van der Waals surface area (Å²) in [4.78, 5) is 4.24. The molecule has 10 aromatic rings. The van der Waals surface area contributed by atoms with Crippen LogP contribution in [0, 0.1) is 0 Å². The van der Waals surface area contributed by atoms with Gasteiger partial charge in [0.05, 0.1) is 33.6 Å². The van der Waals surface area contributed by atoms with E-state index in [1.807, 2.05) is 0 Å². The van der Waals surface area contributed by atoms with Crippen LogP contribution in [-0.2, 0) is 86.6 Å². The van der Waals surface area contributed by atoms with E-state index in [4.69, 9.17) is 0 Å². The Morgan fingerprint density at radius 1 is 0.181 bits per heavy atom. The highest BCUT2D eigenvalue weighted by Crippen LogP contribution is 2.71. The molecular formula is C136H174N2O6. The van der Waals surface area contributed by atoms with Gasteiger partial charge < -0.3 is 40.4 Å². The van der Waals surface area contributed by atoms with Crippen molar-refractivity contribution in [3.8, 4) is 67.5 Å². The van der Waals surface area contributed by atoms with Crippen molar-refractivity contribution in [2.45, 2.75) is 462 Å². The average Bonchev–Trinajstić information content (AvgIpc) is 1.53. The summed E-state index contributed by atoms with van der Waals surface area (Å²) < 4.78 is 0. The fourth-order valence-corrected chi connectivity index (χ4v) is 35.0. The van der Waals surface area contributed by atoms with Gasteiger partial charge in [-0.1, -0.05) is 294 Å². The van der Waals surface area contributed by atoms with Crippen LogP contribution in [0.3, 0.4) is 0 Å². The topological polar surface area (TPSA) is 128 Å². The second-order valence-electron chi connectivity index (χ2n) is 52.8. The molecule has 9 aliphatic carbocycles. The summed E-state index contributed by atoms with van der Waals surface area (Å²) in [6.45, 7) is 78.2. The summed E-state index contributed by atoms with van der Waals surface area (Å²) in [5.41, 5.74) is 37.3. The van der Waals surface area contributed by atoms with E-state index in [2.05, 4.69) is 353 Å². The molecular weight excluding hydrogens is 1760 g/mol. The van der Waals surface area contributed by atoms with Crippen LogP contribution >= 0.6 is 0 Å². The molecule has 0 spiro atoms. The number of aliphatic hydroxyl groups excluding tert-OH is 2. The number of hydrogen-bond donors (Lipinski definition) is 6. The fraction of sp³-hybridized carbons (Fsp3) is 0.529. The summed E-state index contributed by atoms with van der Waals surface area (Å²) in [6.07, 6.45) is 25.9. The summed E-state index contributed by atoms with van der Waals surface area (Å²) >= 11 is 0. The van der Waals surface area contributed by atoms with Crippen LogP contribution in [0.2, 0.25) is 0 Å². The van der Waals surface area contributed by atoms with Crippen LogP contribution in [0.1, 0.15) is 476 Å². The Kier molecular flexibility index (Phi) is 24.5. The van der Waals surface area contributed by atoms with Gasteiger partial charge in [0.25, 0.3) is 0 Å². The van der Waals surface area contributed by atoms with Crippen molar-refractivity contribution in [3.63, 3.8) is 0 Å². The molecule has 19 rings (SSSR count). The van der Waals surface area contributed by atoms with E-state index in [0.717, 1.165) is 177 Å². The Bertz CT molecular complexity index is 5850. The minimum absolute atomic E-state index is 0.0472. The number of allylic oxidation sites excluding steroid dienone is 2. The fourth-order valence-electron chi connectivity index (χ4n) is 35.0. The minimum Gasteiger partial charge on any atom is -0.507 e. The van der Waals surface area contributed by atoms with Crippen LogP contribution in [0.5, 0.6) is 23.0 Å². The van der Waals surface area contributed by atoms with E-state index in [9.17, 15) is 30.6 Å². The molecule has 0 radical (unpaired) electrons. The summed E-state index contributed by atoms with van der Waals surface area (Å²) in [6, 6.07) is 53.7. The van der Waals surface area contributed by atoms with E-state index >= 15 is 0 Å². The molecule has 0 saturated heterocycles. The molecule has 0 bridgehead atoms. The van der Waals surface area contributed by atoms with Gasteiger partial charge in [-0.25, -0.2) is 0 Å². The standard InChI is InChI=1S/C136H174N2O6/c1-33-129(34-2)73-121(17,18)111-91(129)69-92-112(122(19,20)74-130(92,35-3)36-4)103(111)81-49-57-85(58-50-81)137(86-59-51-82(52-60-86)104-113-93(131(37-5,38-6)75-123(113,21)22)70-94-114(104)124(23,24)76-132(94,39-7)40-8)89-65-99(139)107(100(140)66-89)109-119(143)110(120(109)144)108-101(141)67-90(68-102(108)142)138(87-61-53-83(54-62-87)105-115-95(133(41-9,42-10)77-125(115,25)26)71-96-116(105)126(27,28)78-134(96,43-11)44-12)88-63-55-84(56-64-88)106-117-97(135(45-13,46-14)79-127(117,29)30)72-98-118(106)128(31,32)80-136(98,47-15)48-16/h49-72,139-144H,33-48,73-80H2,1-32H3. The molecule has 10 aromatic carbocycles. The van der Waals surface area contributed by atoms with Crippen LogP contribution in [-0.4, -0.2) is 30.6 Å². The number of aliphatic hydroxyl groups is 2. The normalized spacial score (nSPS) is 21.2. The number of phenolic OH excluding ortho intramolecular Hbond substituents is 4. The molecule has 0 heterocycles. The molecule has 0 unspecified atom stereocenters. The first-order chi connectivity index (χ1) is 67.8. The average molecular weight is 1930 g/mol. The Labute approximate surface area is 867 Å². The summed E-state index contributed by atoms with van der Waals surface area (Å²) in [5, 5.41) is 77.9. The van der Waals surface area contributed by atoms with Crippen molar-refractivity contribution in [1.82, 2.24) is 0 Å². The number of rotatable bonds is 28. The molecule has 0 aromatic heterocycles. The third-order valence-corrected chi connectivity index (χ3v) is 42.1. The van der Waals surface area contributed by atoms with Gasteiger partial charge in [0.1, 0.15) is 34.5 Å². The van der Waals surface area contributed by atoms with Crippen molar-refractivity contribution >= 4 is 45.3 Å². The first-order valence-corrected chi connectivity index (χ1v) is 56.7. The van der Waals surface area contributed by atoms with Crippen molar-refractivity contribution in [2.24, 2.45) is 0 Å². The molecule has 8 nitrogen and oxygen atoms in total. The number of hydrogen-bond acceptors (Lipinski definition) is 8. The number of nitrogens with zero attached hydrogens (tertiary/aromatic N) is 2. The summed E-state index contributed by atoms with van der Waals surface area (Å²) in [5.74, 6) is -2.57. The number of benzene rings is 10. The van der Waals surface area contributed by atoms with Crippen LogP contribution in [0.4, 0.5) is 34.1 Å².